The van der Waals surface area contributed by atoms with E-state index in [9.17, 15) is 9.18 Å². The molecule has 4 rings (SSSR count). The van der Waals surface area contributed by atoms with Gasteiger partial charge in [-0.15, -0.1) is 0 Å². The van der Waals surface area contributed by atoms with Crippen LogP contribution in [0.4, 0.5) is 16.0 Å². The third kappa shape index (κ3) is 3.44. The number of guanidine groups is 1. The number of fused-ring (bicyclic) bond motifs is 1. The Morgan fingerprint density at radius 1 is 1.11 bits per heavy atom. The van der Waals surface area contributed by atoms with Crippen LogP contribution in [-0.2, 0) is 0 Å². The fourth-order valence-electron chi connectivity index (χ4n) is 3.03. The molecule has 2 N–H and O–H groups in total. The van der Waals surface area contributed by atoms with Crippen molar-refractivity contribution < 1.29 is 4.39 Å². The van der Waals surface area contributed by atoms with Gasteiger partial charge in [-0.1, -0.05) is 24.3 Å². The Morgan fingerprint density at radius 2 is 1.89 bits per heavy atom. The quantitative estimate of drug-likeness (QED) is 0.732. The van der Waals surface area contributed by atoms with Crippen LogP contribution in [-0.4, -0.2) is 15.5 Å². The van der Waals surface area contributed by atoms with E-state index in [-0.39, 0.29) is 11.4 Å². The highest BCUT2D eigenvalue weighted by molar-refractivity contribution is 6.03. The molecule has 2 aromatic carbocycles. The standard InChI is InChI=1S/C20H18FN5O/c1-12-4-3-5-16(10-12)23-19-24-18(14-6-8-15(21)9-7-14)26-17(27)11-13(2)22-20(26)25-19/h3-11,18H,1-2H3,(H2,22,23,24,25)/t18-/m1/s1. The number of nitrogens with zero attached hydrogens (tertiary/aromatic N) is 3. The van der Waals surface area contributed by atoms with Gasteiger partial charge in [0.15, 0.2) is 6.17 Å². The van der Waals surface area contributed by atoms with E-state index in [0.717, 1.165) is 11.3 Å². The predicted octanol–water partition coefficient (Wildman–Crippen LogP) is 3.44. The van der Waals surface area contributed by atoms with E-state index in [1.165, 1.54) is 22.8 Å². The summed E-state index contributed by atoms with van der Waals surface area (Å²) in [6, 6.07) is 15.3. The molecule has 2 heterocycles. The molecule has 1 atom stereocenters. The monoisotopic (exact) mass is 363 g/mol. The van der Waals surface area contributed by atoms with E-state index in [1.54, 1.807) is 19.1 Å². The van der Waals surface area contributed by atoms with Crippen LogP contribution >= 0.6 is 0 Å². The van der Waals surface area contributed by atoms with Crippen molar-refractivity contribution in [2.24, 2.45) is 4.99 Å². The Balaban J connectivity index is 1.80. The van der Waals surface area contributed by atoms with Crippen LogP contribution in [0.25, 0.3) is 0 Å². The van der Waals surface area contributed by atoms with Gasteiger partial charge in [0.1, 0.15) is 5.82 Å². The molecule has 1 aromatic heterocycles. The van der Waals surface area contributed by atoms with Crippen LogP contribution in [0.5, 0.6) is 0 Å². The number of hydrogen-bond acceptors (Lipinski definition) is 5. The smallest absolute Gasteiger partial charge is 0.257 e. The molecule has 0 saturated heterocycles. The summed E-state index contributed by atoms with van der Waals surface area (Å²) < 4.78 is 14.8. The van der Waals surface area contributed by atoms with Gasteiger partial charge in [-0.25, -0.2) is 14.4 Å². The highest BCUT2D eigenvalue weighted by atomic mass is 19.1. The number of aromatic nitrogens is 2. The Kier molecular flexibility index (Phi) is 4.19. The Labute approximate surface area is 155 Å². The average Bonchev–Trinajstić information content (AvgIpc) is 2.61. The minimum absolute atomic E-state index is 0.224. The van der Waals surface area contributed by atoms with Crippen molar-refractivity contribution in [2.75, 3.05) is 10.6 Å². The molecule has 0 bridgehead atoms. The van der Waals surface area contributed by atoms with Gasteiger partial charge in [-0.3, -0.25) is 14.7 Å². The molecular formula is C20H18FN5O. The predicted molar refractivity (Wildman–Crippen MR) is 104 cm³/mol. The van der Waals surface area contributed by atoms with Gasteiger partial charge in [0.2, 0.25) is 11.9 Å². The molecule has 0 radical (unpaired) electrons. The fraction of sp³-hybridized carbons (Fsp3) is 0.150. The van der Waals surface area contributed by atoms with Crippen LogP contribution in [0.15, 0.2) is 64.4 Å². The topological polar surface area (TPSA) is 71.3 Å². The molecule has 136 valence electrons. The largest absolute Gasteiger partial charge is 0.326 e. The first-order valence-corrected chi connectivity index (χ1v) is 8.54. The number of aryl methyl sites for hydroxylation is 2. The Morgan fingerprint density at radius 3 is 2.63 bits per heavy atom. The molecule has 6 nitrogen and oxygen atoms in total. The number of rotatable bonds is 2. The number of halogens is 1. The Hall–Kier alpha value is -3.48. The van der Waals surface area contributed by atoms with Crippen molar-refractivity contribution in [1.29, 1.82) is 0 Å². The van der Waals surface area contributed by atoms with Gasteiger partial charge in [0, 0.05) is 17.4 Å². The molecule has 3 aromatic rings. The van der Waals surface area contributed by atoms with E-state index >= 15 is 0 Å². The molecule has 27 heavy (non-hydrogen) atoms. The summed E-state index contributed by atoms with van der Waals surface area (Å²) >= 11 is 0. The third-order valence-electron chi connectivity index (χ3n) is 4.26. The molecule has 0 spiro atoms. The molecule has 0 amide bonds. The van der Waals surface area contributed by atoms with Crippen molar-refractivity contribution >= 4 is 17.6 Å². The maximum absolute atomic E-state index is 13.3. The second-order valence-electron chi connectivity index (χ2n) is 6.45. The van der Waals surface area contributed by atoms with Gasteiger partial charge >= 0.3 is 0 Å². The molecule has 0 saturated carbocycles. The maximum atomic E-state index is 13.3. The molecule has 0 fully saturated rings. The summed E-state index contributed by atoms with van der Waals surface area (Å²) in [5, 5.41) is 6.30. The minimum atomic E-state index is -0.644. The maximum Gasteiger partial charge on any atom is 0.257 e. The average molecular weight is 363 g/mol. The van der Waals surface area contributed by atoms with Crippen LogP contribution in [0.1, 0.15) is 23.0 Å². The number of anilines is 2. The number of aliphatic imine (C=N–C) groups is 1. The lowest BCUT2D eigenvalue weighted by Gasteiger charge is -2.27. The number of nitrogens with one attached hydrogen (secondary N) is 2. The molecule has 0 aliphatic carbocycles. The number of benzene rings is 2. The Bertz CT molecular complexity index is 1090. The zero-order valence-electron chi connectivity index (χ0n) is 14.9. The zero-order chi connectivity index (χ0) is 19.0. The van der Waals surface area contributed by atoms with Crippen LogP contribution in [0, 0.1) is 19.7 Å². The highest BCUT2D eigenvalue weighted by Gasteiger charge is 2.25. The summed E-state index contributed by atoms with van der Waals surface area (Å²) in [4.78, 5) is 21.6. The van der Waals surface area contributed by atoms with E-state index in [2.05, 4.69) is 20.6 Å². The molecular weight excluding hydrogens is 345 g/mol. The van der Waals surface area contributed by atoms with Gasteiger partial charge in [0.05, 0.1) is 0 Å². The lowest BCUT2D eigenvalue weighted by atomic mass is 10.1. The SMILES string of the molecule is Cc1cccc(NC2=N[C@@H](c3ccc(F)cc3)n3c(nc(C)cc3=O)N2)c1. The number of hydrogen-bond donors (Lipinski definition) is 2. The van der Waals surface area contributed by atoms with Gasteiger partial charge in [-0.05, 0) is 49.2 Å². The van der Waals surface area contributed by atoms with Crippen molar-refractivity contribution in [3.05, 3.63) is 87.6 Å². The van der Waals surface area contributed by atoms with E-state index in [4.69, 9.17) is 0 Å². The van der Waals surface area contributed by atoms with Crippen molar-refractivity contribution in [1.82, 2.24) is 9.55 Å². The van der Waals surface area contributed by atoms with Crippen LogP contribution in [0.3, 0.4) is 0 Å². The summed E-state index contributed by atoms with van der Waals surface area (Å²) in [5.74, 6) is 0.510. The third-order valence-corrected chi connectivity index (χ3v) is 4.26. The van der Waals surface area contributed by atoms with Gasteiger partial charge in [0.25, 0.3) is 5.56 Å². The van der Waals surface area contributed by atoms with Crippen LogP contribution in [0.2, 0.25) is 0 Å². The summed E-state index contributed by atoms with van der Waals surface area (Å²) in [6.45, 7) is 3.76. The summed E-state index contributed by atoms with van der Waals surface area (Å²) in [5.41, 5.74) is 3.04. The first-order chi connectivity index (χ1) is 13.0. The minimum Gasteiger partial charge on any atom is -0.326 e. The molecule has 1 aliphatic rings. The van der Waals surface area contributed by atoms with E-state index in [1.807, 2.05) is 31.2 Å². The van der Waals surface area contributed by atoms with Crippen molar-refractivity contribution in [3.63, 3.8) is 0 Å². The van der Waals surface area contributed by atoms with Crippen molar-refractivity contribution in [2.45, 2.75) is 20.0 Å². The fourth-order valence-corrected chi connectivity index (χ4v) is 3.03. The van der Waals surface area contributed by atoms with E-state index in [0.29, 0.717) is 23.2 Å². The first kappa shape index (κ1) is 17.0. The first-order valence-electron chi connectivity index (χ1n) is 8.54. The van der Waals surface area contributed by atoms with Gasteiger partial charge < -0.3 is 5.32 Å². The highest BCUT2D eigenvalue weighted by Crippen LogP contribution is 2.26. The lowest BCUT2D eigenvalue weighted by Crippen LogP contribution is -2.37. The summed E-state index contributed by atoms with van der Waals surface area (Å²) in [7, 11) is 0. The van der Waals surface area contributed by atoms with Crippen molar-refractivity contribution in [3.8, 4) is 0 Å². The van der Waals surface area contributed by atoms with E-state index < -0.39 is 6.17 Å². The molecule has 0 unspecified atom stereocenters. The molecule has 7 heteroatoms. The normalized spacial score (nSPS) is 15.5. The second-order valence-corrected chi connectivity index (χ2v) is 6.45. The summed E-state index contributed by atoms with van der Waals surface area (Å²) in [6.07, 6.45) is -0.644. The second kappa shape index (κ2) is 6.68. The molecule has 1 aliphatic heterocycles. The van der Waals surface area contributed by atoms with Gasteiger partial charge in [-0.2, -0.15) is 0 Å². The zero-order valence-corrected chi connectivity index (χ0v) is 14.9. The lowest BCUT2D eigenvalue weighted by molar-refractivity contribution is 0.573. The van der Waals surface area contributed by atoms with Crippen LogP contribution < -0.4 is 16.2 Å².